The lowest BCUT2D eigenvalue weighted by Crippen LogP contribution is -2.57. The van der Waals surface area contributed by atoms with Crippen molar-refractivity contribution in [2.24, 2.45) is 46.4 Å². The van der Waals surface area contributed by atoms with E-state index in [1.54, 1.807) is 120 Å². The summed E-state index contributed by atoms with van der Waals surface area (Å²) in [5, 5.41) is 28.3. The van der Waals surface area contributed by atoms with Gasteiger partial charge >= 0.3 is 5.97 Å². The first kappa shape index (κ1) is 96.3. The summed E-state index contributed by atoms with van der Waals surface area (Å²) in [5.41, 5.74) is 17.0. The van der Waals surface area contributed by atoms with Crippen LogP contribution in [0.1, 0.15) is 160 Å². The predicted molar refractivity (Wildman–Crippen MR) is 442 cm³/mol. The number of rotatable bonds is 49. The monoisotopic (exact) mass is 1650 g/mol. The Morgan fingerprint density at radius 1 is 0.675 bits per heavy atom. The molecule has 0 aliphatic carbocycles. The van der Waals surface area contributed by atoms with Crippen LogP contribution in [-0.4, -0.2) is 260 Å². The number of nitrogens with zero attached hydrogens (tertiary/aromatic N) is 11. The van der Waals surface area contributed by atoms with Gasteiger partial charge in [0, 0.05) is 111 Å². The minimum absolute atomic E-state index is 0.0318. The van der Waals surface area contributed by atoms with Crippen LogP contribution in [0.2, 0.25) is 0 Å². The lowest BCUT2D eigenvalue weighted by Gasteiger charge is -2.42. The SMILES string of the molecule is CC[C@H](CCc1cc(C(=O)NCCN)nc(N[C@H](C(=O)N(C)[C@@H]([C@@H](C)CC)[C@@H](CC(=O)N2CCC[C@H]2[C@H](OC)[C@@H](C)C(=O)N[C@@H](Cc2ccccc2)C(=O)O)OC)C(C)C)n1)[C@@H]([C@@H](CC(=O)N1CCC[C@H]1[C@H](OC)[C@@H](C)C(=O)N[C@@H](Cc1ccccc1)C(=O)NS(=O)(=O)CCCN=[N+]=[N-])OC)N(C)C(=O)[C@@H](Nc1nccc(C)n1)C(C)C. The van der Waals surface area contributed by atoms with Gasteiger partial charge in [0.2, 0.25) is 57.4 Å². The number of nitrogens with one attached hydrogen (secondary N) is 6. The number of likely N-dealkylation sites (tertiary alicyclic amines) is 2. The number of carbonyl (C=O) groups excluding carboxylic acids is 8. The van der Waals surface area contributed by atoms with E-state index >= 15 is 14.4 Å². The van der Waals surface area contributed by atoms with E-state index in [1.165, 1.54) is 28.4 Å². The molecular weight excluding hydrogens is 1530 g/mol. The second-order valence-corrected chi connectivity index (χ2v) is 33.1. The zero-order chi connectivity index (χ0) is 86.4. The fraction of sp³-hybridized carbons (Fsp3) is 0.646. The van der Waals surface area contributed by atoms with Crippen LogP contribution in [0.3, 0.4) is 0 Å². The van der Waals surface area contributed by atoms with E-state index in [0.29, 0.717) is 62.0 Å². The van der Waals surface area contributed by atoms with Gasteiger partial charge < -0.3 is 76.0 Å². The lowest BCUT2D eigenvalue weighted by atomic mass is 9.84. The number of azide groups is 1. The second kappa shape index (κ2) is 47.2. The number of anilines is 2. The van der Waals surface area contributed by atoms with Crippen molar-refractivity contribution in [1.82, 2.24) is 60.2 Å². The van der Waals surface area contributed by atoms with E-state index in [1.807, 2.05) is 61.5 Å². The lowest BCUT2D eigenvalue weighted by molar-refractivity contribution is -0.147. The Morgan fingerprint density at radius 3 is 1.65 bits per heavy atom. The molecular formula is C82H126N18O16S. The minimum atomic E-state index is -4.23. The minimum Gasteiger partial charge on any atom is -0.480 e. The van der Waals surface area contributed by atoms with Crippen molar-refractivity contribution in [3.63, 3.8) is 0 Å². The number of hydrogen-bond donors (Lipinski definition) is 8. The summed E-state index contributed by atoms with van der Waals surface area (Å²) in [4.78, 5) is 158. The third-order valence-corrected chi connectivity index (χ3v) is 23.9. The fourth-order valence-corrected chi connectivity index (χ4v) is 17.0. The van der Waals surface area contributed by atoms with E-state index in [4.69, 9.17) is 40.2 Å². The summed E-state index contributed by atoms with van der Waals surface area (Å²) in [6, 6.07) is 13.8. The van der Waals surface area contributed by atoms with Crippen LogP contribution in [0.5, 0.6) is 0 Å². The van der Waals surface area contributed by atoms with Crippen LogP contribution in [0, 0.1) is 42.4 Å². The largest absolute Gasteiger partial charge is 0.480 e. The summed E-state index contributed by atoms with van der Waals surface area (Å²) in [6.45, 7) is 19.2. The van der Waals surface area contributed by atoms with Gasteiger partial charge in [-0.15, -0.1) is 0 Å². The van der Waals surface area contributed by atoms with Gasteiger partial charge in [0.25, 0.3) is 11.8 Å². The summed E-state index contributed by atoms with van der Waals surface area (Å²) in [5.74, 6) is -8.95. The molecule has 6 rings (SSSR count). The summed E-state index contributed by atoms with van der Waals surface area (Å²) in [6.07, 6.45) is 1.09. The summed E-state index contributed by atoms with van der Waals surface area (Å²) >= 11 is 0. The Morgan fingerprint density at radius 2 is 1.18 bits per heavy atom. The second-order valence-electron chi connectivity index (χ2n) is 31.3. The molecule has 2 fully saturated rings. The maximum atomic E-state index is 15.4. The van der Waals surface area contributed by atoms with Gasteiger partial charge in [-0.1, -0.05) is 141 Å². The van der Waals surface area contributed by atoms with E-state index < -0.39 is 142 Å². The highest BCUT2D eigenvalue weighted by Crippen LogP contribution is 2.34. The number of methoxy groups -OCH3 is 4. The smallest absolute Gasteiger partial charge is 0.326 e. The van der Waals surface area contributed by atoms with Gasteiger partial charge in [-0.25, -0.2) is 33.1 Å². The Labute approximate surface area is 688 Å². The van der Waals surface area contributed by atoms with Crippen LogP contribution in [-0.2, 0) is 86.6 Å². The van der Waals surface area contributed by atoms with Gasteiger partial charge in [-0.05, 0) is 104 Å². The van der Waals surface area contributed by atoms with Crippen molar-refractivity contribution in [3.8, 4) is 0 Å². The van der Waals surface area contributed by atoms with Crippen molar-refractivity contribution >= 4 is 75.1 Å². The molecule has 2 aromatic heterocycles. The average molecular weight is 1650 g/mol. The topological polar surface area (TPSA) is 456 Å². The number of ether oxygens (including phenoxy) is 4. The third-order valence-electron chi connectivity index (χ3n) is 22.5. The maximum absolute atomic E-state index is 15.4. The number of carboxylic acid groups (broad SMARTS) is 1. The first-order chi connectivity index (χ1) is 55.7. The summed E-state index contributed by atoms with van der Waals surface area (Å²) in [7, 11) is 4.95. The number of aromatic nitrogens is 4. The predicted octanol–water partition coefficient (Wildman–Crippen LogP) is 6.28. The number of aryl methyl sites for hydroxylation is 2. The van der Waals surface area contributed by atoms with E-state index in [9.17, 15) is 42.3 Å². The van der Waals surface area contributed by atoms with Crippen LogP contribution in [0.15, 0.2) is 84.1 Å². The fourth-order valence-electron chi connectivity index (χ4n) is 15.9. The molecule has 35 heteroatoms. The summed E-state index contributed by atoms with van der Waals surface area (Å²) < 4.78 is 53.0. The highest BCUT2D eigenvalue weighted by Gasteiger charge is 2.47. The molecule has 8 amide bonds. The molecule has 646 valence electrons. The van der Waals surface area contributed by atoms with Crippen LogP contribution in [0.25, 0.3) is 10.4 Å². The molecule has 34 nitrogen and oxygen atoms in total. The zero-order valence-corrected chi connectivity index (χ0v) is 71.6. The molecule has 0 saturated carbocycles. The Kier molecular flexibility index (Phi) is 38.8. The molecule has 0 radical (unpaired) electrons. The average Bonchev–Trinajstić information content (AvgIpc) is 1.74. The Hall–Kier alpha value is -9.51. The van der Waals surface area contributed by atoms with Crippen molar-refractivity contribution in [2.75, 3.05) is 91.6 Å². The molecule has 117 heavy (non-hydrogen) atoms. The van der Waals surface area contributed by atoms with E-state index in [0.717, 1.165) is 5.56 Å². The molecule has 2 aliphatic heterocycles. The molecule has 0 spiro atoms. The van der Waals surface area contributed by atoms with Crippen molar-refractivity contribution < 1.29 is 75.6 Å². The first-order valence-corrected chi connectivity index (χ1v) is 42.3. The molecule has 2 saturated heterocycles. The molecule has 9 N–H and O–H groups in total. The molecule has 2 aliphatic rings. The Bertz CT molecular complexity index is 4070. The normalized spacial score (nSPS) is 17.9. The van der Waals surface area contributed by atoms with Crippen molar-refractivity contribution in [1.29, 1.82) is 0 Å². The van der Waals surface area contributed by atoms with Gasteiger partial charge in [0.15, 0.2) is 0 Å². The standard InChI is InChI=1S/C82H126N18O16S/c1-17-51(7)70(64(113-13)47-66(101)99-41-25-33-63(99)73(116-16)54(10)75(104)91-61(80(109)110)45-56-30-23-20-24-31-56)97(11)78(107)69(50(5)6)94-82-89-58(46-60(92-82)76(105)85-40-37-83)35-34-57(18-2)71(98(12)79(108)68(49(3)4)93-81-86-39-36-52(8)88-81)65(114-14)48-67(102)100-42-26-32-62(100)72(115-15)53(9)74(103)90-59(44-55-28-21-19-22-29-55)77(106)95-117(111,112)43-27-38-87-96-84/h19-24,28-31,36,39,46,49-51,53-54,57,59,61-65,68-73H,17-18,25-27,32-35,37-38,40-45,47-48,83H2,1-16H3,(H,85,105)(H,90,103)(H,91,104)(H,95,106)(H,109,110)(H,86,88,93)(H,89,92,94)/t51-,53+,54+,57+,59-,61-,62-,63-,64+,65+,68-,69-,70-,71-,72+,73+/m0/s1. The number of nitrogens with two attached hydrogens (primary N) is 1. The quantitative estimate of drug-likeness (QED) is 0.0104. The molecule has 0 bridgehead atoms. The van der Waals surface area contributed by atoms with Gasteiger partial charge in [-0.2, -0.15) is 0 Å². The van der Waals surface area contributed by atoms with Crippen LogP contribution < -0.4 is 37.0 Å². The molecule has 0 unspecified atom stereocenters. The van der Waals surface area contributed by atoms with Gasteiger partial charge in [0.05, 0.1) is 79.0 Å². The maximum Gasteiger partial charge on any atom is 0.326 e. The number of carboxylic acids is 1. The number of hydrogen-bond acceptors (Lipinski definition) is 23. The van der Waals surface area contributed by atoms with Gasteiger partial charge in [-0.3, -0.25) is 43.1 Å². The number of sulfonamides is 1. The third kappa shape index (κ3) is 27.5. The molecule has 4 heterocycles. The van der Waals surface area contributed by atoms with Crippen molar-refractivity contribution in [2.45, 2.75) is 225 Å². The number of carbonyl (C=O) groups is 9. The molecule has 16 atom stereocenters. The highest BCUT2D eigenvalue weighted by molar-refractivity contribution is 7.90. The number of amides is 8. The molecule has 4 aromatic rings. The number of benzene rings is 2. The van der Waals surface area contributed by atoms with E-state index in [-0.39, 0.29) is 124 Å². The van der Waals surface area contributed by atoms with Crippen LogP contribution >= 0.6 is 0 Å². The first-order valence-electron chi connectivity index (χ1n) is 40.6. The van der Waals surface area contributed by atoms with Crippen molar-refractivity contribution in [3.05, 3.63) is 118 Å². The van der Waals surface area contributed by atoms with Gasteiger partial charge in [0.1, 0.15) is 29.9 Å². The van der Waals surface area contributed by atoms with E-state index in [2.05, 4.69) is 51.3 Å². The highest BCUT2D eigenvalue weighted by atomic mass is 32.2. The molecule has 2 aromatic carbocycles. The zero-order valence-electron chi connectivity index (χ0n) is 70.8. The Balaban J connectivity index is 1.29. The van der Waals surface area contributed by atoms with Crippen LogP contribution in [0.4, 0.5) is 11.9 Å². The number of aliphatic carboxylic acids is 1. The number of likely N-dealkylation sites (N-methyl/N-ethyl adjacent to an activating group) is 2.